The fourth-order valence-corrected chi connectivity index (χ4v) is 0.740. The summed E-state index contributed by atoms with van der Waals surface area (Å²) in [4.78, 5) is 3.66. The van der Waals surface area contributed by atoms with Crippen molar-refractivity contribution in [1.82, 2.24) is 4.98 Å². The van der Waals surface area contributed by atoms with Gasteiger partial charge < -0.3 is 10.5 Å². The average Bonchev–Trinajstić information content (AvgIpc) is 1.98. The summed E-state index contributed by atoms with van der Waals surface area (Å²) in [6.07, 6.45) is 2.64. The maximum atomic E-state index is 11.7. The molecule has 3 nitrogen and oxygen atoms in total. The summed E-state index contributed by atoms with van der Waals surface area (Å²) in [5.41, 5.74) is 6.25. The molecule has 0 saturated heterocycles. The van der Waals surface area contributed by atoms with Crippen LogP contribution >= 0.6 is 0 Å². The summed E-state index contributed by atoms with van der Waals surface area (Å²) >= 11 is 0. The minimum absolute atomic E-state index is 0.0787. The van der Waals surface area contributed by atoms with Crippen LogP contribution in [0.5, 0.6) is 5.75 Å². The first kappa shape index (κ1) is 8.70. The topological polar surface area (TPSA) is 48.1 Å². The van der Waals surface area contributed by atoms with Crippen LogP contribution in [0.2, 0.25) is 0 Å². The van der Waals surface area contributed by atoms with Crippen LogP contribution in [0.25, 0.3) is 0 Å². The van der Waals surface area contributed by atoms with E-state index in [0.717, 1.165) is 6.20 Å². The molecule has 0 saturated carbocycles. The highest BCUT2D eigenvalue weighted by atomic mass is 19.3. The second kappa shape index (κ2) is 3.34. The van der Waals surface area contributed by atoms with Crippen LogP contribution in [0.3, 0.4) is 0 Å². The highest BCUT2D eigenvalue weighted by Crippen LogP contribution is 2.24. The number of ether oxygens (including phenoxy) is 1. The van der Waals surface area contributed by atoms with Gasteiger partial charge in [-0.2, -0.15) is 8.78 Å². The fraction of sp³-hybridized carbons (Fsp3) is 0.286. The van der Waals surface area contributed by atoms with Gasteiger partial charge in [-0.15, -0.1) is 0 Å². The molecule has 0 atom stereocenters. The lowest BCUT2D eigenvalue weighted by atomic mass is 10.2. The molecule has 2 N–H and O–H groups in total. The number of pyridine rings is 1. The molecule has 0 aliphatic carbocycles. The molecule has 0 aromatic carbocycles. The predicted molar refractivity (Wildman–Crippen MR) is 40.0 cm³/mol. The standard InChI is InChI=1S/C7H8F2N2O/c1-4-2-11-3-5(6(4)10)12-7(8)9/h2-3,7H,1H3,(H2,10,11). The van der Waals surface area contributed by atoms with Gasteiger partial charge in [-0.1, -0.05) is 0 Å². The molecule has 1 aromatic heterocycles. The second-order valence-corrected chi connectivity index (χ2v) is 2.25. The minimum atomic E-state index is -2.86. The molecule has 0 unspecified atom stereocenters. The summed E-state index contributed by atoms with van der Waals surface area (Å²) in [6.45, 7) is -1.20. The summed E-state index contributed by atoms with van der Waals surface area (Å²) in [5.74, 6) is -0.0787. The van der Waals surface area contributed by atoms with Crippen LogP contribution < -0.4 is 10.5 Å². The molecule has 0 aliphatic heterocycles. The second-order valence-electron chi connectivity index (χ2n) is 2.25. The molecule has 0 amide bonds. The quantitative estimate of drug-likeness (QED) is 0.740. The highest BCUT2D eigenvalue weighted by Gasteiger charge is 2.08. The zero-order valence-electron chi connectivity index (χ0n) is 6.42. The van der Waals surface area contributed by atoms with E-state index in [1.54, 1.807) is 6.92 Å². The van der Waals surface area contributed by atoms with Gasteiger partial charge in [-0.25, -0.2) is 0 Å². The Morgan fingerprint density at radius 1 is 1.50 bits per heavy atom. The van der Waals surface area contributed by atoms with Gasteiger partial charge in [0.05, 0.1) is 11.9 Å². The summed E-state index contributed by atoms with van der Waals surface area (Å²) in [7, 11) is 0. The summed E-state index contributed by atoms with van der Waals surface area (Å²) in [5, 5.41) is 0. The van der Waals surface area contributed by atoms with Crippen molar-refractivity contribution in [3.63, 3.8) is 0 Å². The Balaban J connectivity index is 2.92. The van der Waals surface area contributed by atoms with Crippen molar-refractivity contribution in [3.05, 3.63) is 18.0 Å². The Labute approximate surface area is 68.2 Å². The lowest BCUT2D eigenvalue weighted by Gasteiger charge is -2.07. The zero-order chi connectivity index (χ0) is 9.14. The van der Waals surface area contributed by atoms with Crippen LogP contribution in [0.15, 0.2) is 12.4 Å². The minimum Gasteiger partial charge on any atom is -0.431 e. The molecule has 5 heteroatoms. The van der Waals surface area contributed by atoms with Gasteiger partial charge in [0.1, 0.15) is 0 Å². The van der Waals surface area contributed by atoms with Gasteiger partial charge in [-0.3, -0.25) is 4.98 Å². The van der Waals surface area contributed by atoms with Crippen LogP contribution in [0, 0.1) is 6.92 Å². The van der Waals surface area contributed by atoms with E-state index in [4.69, 9.17) is 5.73 Å². The zero-order valence-corrected chi connectivity index (χ0v) is 6.42. The van der Waals surface area contributed by atoms with Gasteiger partial charge in [0.2, 0.25) is 0 Å². The number of rotatable bonds is 2. The number of halogens is 2. The number of hydrogen-bond donors (Lipinski definition) is 1. The van der Waals surface area contributed by atoms with Gasteiger partial charge in [0, 0.05) is 6.20 Å². The van der Waals surface area contributed by atoms with E-state index in [1.165, 1.54) is 6.20 Å². The lowest BCUT2D eigenvalue weighted by molar-refractivity contribution is -0.0495. The Morgan fingerprint density at radius 2 is 2.17 bits per heavy atom. The third kappa shape index (κ3) is 1.81. The Morgan fingerprint density at radius 3 is 2.75 bits per heavy atom. The molecule has 0 aliphatic rings. The third-order valence-corrected chi connectivity index (χ3v) is 1.37. The van der Waals surface area contributed by atoms with Crippen molar-refractivity contribution in [2.45, 2.75) is 13.5 Å². The first-order chi connectivity index (χ1) is 5.61. The molecule has 1 rings (SSSR count). The normalized spacial score (nSPS) is 10.3. The van der Waals surface area contributed by atoms with Gasteiger partial charge >= 0.3 is 6.61 Å². The molecule has 1 heterocycles. The molecule has 0 fully saturated rings. The van der Waals surface area contributed by atoms with E-state index in [2.05, 4.69) is 9.72 Å². The Hall–Kier alpha value is -1.39. The third-order valence-electron chi connectivity index (χ3n) is 1.37. The Bertz CT molecular complexity index is 278. The molecular weight excluding hydrogens is 166 g/mol. The molecular formula is C7H8F2N2O. The van der Waals surface area contributed by atoms with Crippen molar-refractivity contribution >= 4 is 5.69 Å². The van der Waals surface area contributed by atoms with Crippen molar-refractivity contribution < 1.29 is 13.5 Å². The van der Waals surface area contributed by atoms with E-state index in [1.807, 2.05) is 0 Å². The van der Waals surface area contributed by atoms with E-state index < -0.39 is 6.61 Å². The number of nitrogen functional groups attached to an aromatic ring is 1. The number of anilines is 1. The summed E-state index contributed by atoms with van der Waals surface area (Å²) in [6, 6.07) is 0. The number of hydrogen-bond acceptors (Lipinski definition) is 3. The largest absolute Gasteiger partial charge is 0.431 e. The molecule has 66 valence electrons. The molecule has 1 aromatic rings. The van der Waals surface area contributed by atoms with Crippen molar-refractivity contribution in [1.29, 1.82) is 0 Å². The number of aromatic nitrogens is 1. The molecule has 12 heavy (non-hydrogen) atoms. The van der Waals surface area contributed by atoms with E-state index in [-0.39, 0.29) is 11.4 Å². The molecule has 0 spiro atoms. The van der Waals surface area contributed by atoms with Crippen LogP contribution in [0.4, 0.5) is 14.5 Å². The summed E-state index contributed by atoms with van der Waals surface area (Å²) < 4.78 is 27.6. The first-order valence-corrected chi connectivity index (χ1v) is 3.26. The fourth-order valence-electron chi connectivity index (χ4n) is 0.740. The van der Waals surface area contributed by atoms with Crippen LogP contribution in [-0.2, 0) is 0 Å². The number of nitrogens with two attached hydrogens (primary N) is 1. The van der Waals surface area contributed by atoms with E-state index in [0.29, 0.717) is 5.56 Å². The SMILES string of the molecule is Cc1cncc(OC(F)F)c1N. The number of aryl methyl sites for hydroxylation is 1. The highest BCUT2D eigenvalue weighted by molar-refractivity contribution is 5.55. The lowest BCUT2D eigenvalue weighted by Crippen LogP contribution is -2.05. The monoisotopic (exact) mass is 174 g/mol. The maximum Gasteiger partial charge on any atom is 0.387 e. The molecule has 0 bridgehead atoms. The number of nitrogens with zero attached hydrogens (tertiary/aromatic N) is 1. The first-order valence-electron chi connectivity index (χ1n) is 3.26. The predicted octanol–water partition coefficient (Wildman–Crippen LogP) is 1.57. The van der Waals surface area contributed by atoms with Crippen molar-refractivity contribution in [2.75, 3.05) is 5.73 Å². The van der Waals surface area contributed by atoms with Crippen LogP contribution in [-0.4, -0.2) is 11.6 Å². The van der Waals surface area contributed by atoms with Gasteiger partial charge in [0.15, 0.2) is 5.75 Å². The van der Waals surface area contributed by atoms with Crippen molar-refractivity contribution in [2.24, 2.45) is 0 Å². The van der Waals surface area contributed by atoms with E-state index >= 15 is 0 Å². The Kier molecular flexibility index (Phi) is 2.42. The van der Waals surface area contributed by atoms with Gasteiger partial charge in [0.25, 0.3) is 0 Å². The van der Waals surface area contributed by atoms with Crippen LogP contribution in [0.1, 0.15) is 5.56 Å². The van der Waals surface area contributed by atoms with Crippen molar-refractivity contribution in [3.8, 4) is 5.75 Å². The van der Waals surface area contributed by atoms with E-state index in [9.17, 15) is 8.78 Å². The smallest absolute Gasteiger partial charge is 0.387 e. The average molecular weight is 174 g/mol. The molecule has 0 radical (unpaired) electrons. The maximum absolute atomic E-state index is 11.7. The van der Waals surface area contributed by atoms with Gasteiger partial charge in [-0.05, 0) is 12.5 Å². The number of alkyl halides is 2.